The van der Waals surface area contributed by atoms with Gasteiger partial charge in [0.2, 0.25) is 5.13 Å². The molecule has 8 nitrogen and oxygen atoms in total. The summed E-state index contributed by atoms with van der Waals surface area (Å²) < 4.78 is 12.2. The highest BCUT2D eigenvalue weighted by molar-refractivity contribution is 7.15. The second kappa shape index (κ2) is 8.07. The van der Waals surface area contributed by atoms with Gasteiger partial charge < -0.3 is 14.0 Å². The van der Waals surface area contributed by atoms with Gasteiger partial charge in [-0.25, -0.2) is 0 Å². The van der Waals surface area contributed by atoms with Crippen LogP contribution in [0.15, 0.2) is 35.3 Å². The second-order valence-corrected chi connectivity index (χ2v) is 6.67. The minimum Gasteiger partial charge on any atom is -0.483 e. The normalized spacial score (nSPS) is 10.8. The lowest BCUT2D eigenvalue weighted by molar-refractivity contribution is -0.118. The zero-order valence-electron chi connectivity index (χ0n) is 14.4. The number of nitrogens with zero attached hydrogens (tertiary/aromatic N) is 3. The maximum absolute atomic E-state index is 12.5. The van der Waals surface area contributed by atoms with E-state index in [1.165, 1.54) is 11.3 Å². The lowest BCUT2D eigenvalue weighted by atomic mass is 10.1. The first-order valence-corrected chi connectivity index (χ1v) is 8.74. The number of fused-ring (bicyclic) bond motifs is 1. The Morgan fingerprint density at radius 2 is 2.12 bits per heavy atom. The van der Waals surface area contributed by atoms with E-state index in [1.54, 1.807) is 49.1 Å². The van der Waals surface area contributed by atoms with Crippen LogP contribution in [0.4, 0.5) is 5.13 Å². The van der Waals surface area contributed by atoms with Gasteiger partial charge in [-0.1, -0.05) is 17.4 Å². The molecule has 3 rings (SSSR count). The van der Waals surface area contributed by atoms with E-state index < -0.39 is 0 Å². The molecule has 26 heavy (non-hydrogen) atoms. The number of carbonyl (C=O) groups excluding carboxylic acids is 1. The van der Waals surface area contributed by atoms with Gasteiger partial charge in [0.15, 0.2) is 6.61 Å². The fourth-order valence-electron chi connectivity index (χ4n) is 2.43. The first-order valence-electron chi connectivity index (χ1n) is 7.92. The van der Waals surface area contributed by atoms with Crippen molar-refractivity contribution in [1.82, 2.24) is 14.8 Å². The van der Waals surface area contributed by atoms with Gasteiger partial charge in [-0.3, -0.25) is 14.9 Å². The summed E-state index contributed by atoms with van der Waals surface area (Å²) in [6.45, 7) is 2.54. The molecule has 0 unspecified atom stereocenters. The number of aryl methyl sites for hydroxylation is 1. The van der Waals surface area contributed by atoms with E-state index in [-0.39, 0.29) is 18.1 Å². The van der Waals surface area contributed by atoms with Gasteiger partial charge in [-0.2, -0.15) is 0 Å². The third-order valence-corrected chi connectivity index (χ3v) is 4.40. The second-order valence-electron chi connectivity index (χ2n) is 5.49. The first-order chi connectivity index (χ1) is 12.6. The van der Waals surface area contributed by atoms with Crippen molar-refractivity contribution in [2.75, 3.05) is 25.6 Å². The molecule has 1 N–H and O–H groups in total. The molecule has 3 aromatic rings. The third kappa shape index (κ3) is 4.06. The topological polar surface area (TPSA) is 95.3 Å². The highest BCUT2D eigenvalue weighted by Crippen LogP contribution is 2.23. The Kier molecular flexibility index (Phi) is 5.59. The van der Waals surface area contributed by atoms with Gasteiger partial charge in [0.1, 0.15) is 10.8 Å². The Morgan fingerprint density at radius 3 is 2.85 bits per heavy atom. The summed E-state index contributed by atoms with van der Waals surface area (Å²) in [5, 5.41) is 12.7. The predicted octanol–water partition coefficient (Wildman–Crippen LogP) is 1.83. The number of nitrogens with one attached hydrogen (secondary N) is 1. The molecular weight excluding hydrogens is 356 g/mol. The third-order valence-electron chi connectivity index (χ3n) is 3.65. The quantitative estimate of drug-likeness (QED) is 0.678. The summed E-state index contributed by atoms with van der Waals surface area (Å²) >= 11 is 1.29. The summed E-state index contributed by atoms with van der Waals surface area (Å²) in [4.78, 5) is 24.5. The average molecular weight is 374 g/mol. The van der Waals surface area contributed by atoms with Crippen molar-refractivity contribution in [2.45, 2.75) is 13.5 Å². The molecule has 2 heterocycles. The van der Waals surface area contributed by atoms with Crippen LogP contribution in [0, 0.1) is 6.92 Å². The van der Waals surface area contributed by atoms with Crippen molar-refractivity contribution in [3.63, 3.8) is 0 Å². The number of hydrogen-bond acceptors (Lipinski definition) is 7. The molecule has 2 aromatic heterocycles. The van der Waals surface area contributed by atoms with Crippen LogP contribution in [0.3, 0.4) is 0 Å². The van der Waals surface area contributed by atoms with Crippen LogP contribution in [-0.2, 0) is 16.1 Å². The van der Waals surface area contributed by atoms with Gasteiger partial charge in [0.05, 0.1) is 12.0 Å². The smallest absolute Gasteiger partial charge is 0.264 e. The number of hydrogen-bond donors (Lipinski definition) is 1. The number of pyridine rings is 1. The number of aromatic nitrogens is 3. The molecule has 1 aromatic carbocycles. The van der Waals surface area contributed by atoms with Crippen molar-refractivity contribution in [3.05, 3.63) is 45.8 Å². The van der Waals surface area contributed by atoms with Crippen molar-refractivity contribution < 1.29 is 14.3 Å². The molecule has 0 bridgehead atoms. The Morgan fingerprint density at radius 1 is 1.27 bits per heavy atom. The van der Waals surface area contributed by atoms with Gasteiger partial charge >= 0.3 is 0 Å². The minimum absolute atomic E-state index is 0.126. The van der Waals surface area contributed by atoms with E-state index in [4.69, 9.17) is 9.47 Å². The molecule has 1 amide bonds. The summed E-state index contributed by atoms with van der Waals surface area (Å²) in [5.74, 6) is 0.133. The summed E-state index contributed by atoms with van der Waals surface area (Å²) in [6, 6.07) is 6.99. The molecular formula is C17H18N4O4S. The highest BCUT2D eigenvalue weighted by Gasteiger charge is 2.11. The summed E-state index contributed by atoms with van der Waals surface area (Å²) in [6.07, 6.45) is 1.70. The van der Waals surface area contributed by atoms with E-state index in [9.17, 15) is 9.59 Å². The molecule has 0 aliphatic rings. The van der Waals surface area contributed by atoms with Crippen molar-refractivity contribution >= 4 is 33.1 Å². The summed E-state index contributed by atoms with van der Waals surface area (Å²) in [5.41, 5.74) is -0.126. The van der Waals surface area contributed by atoms with Crippen LogP contribution in [0.1, 0.15) is 5.01 Å². The number of rotatable bonds is 7. The Balaban J connectivity index is 1.74. The molecule has 0 saturated heterocycles. The fraction of sp³-hybridized carbons (Fsp3) is 0.294. The van der Waals surface area contributed by atoms with Crippen molar-refractivity contribution in [2.24, 2.45) is 0 Å². The van der Waals surface area contributed by atoms with E-state index in [2.05, 4.69) is 15.5 Å². The largest absolute Gasteiger partial charge is 0.483 e. The maximum Gasteiger partial charge on any atom is 0.264 e. The molecule has 0 saturated carbocycles. The van der Waals surface area contributed by atoms with E-state index in [1.807, 2.05) is 0 Å². The van der Waals surface area contributed by atoms with Gasteiger partial charge in [0, 0.05) is 25.2 Å². The van der Waals surface area contributed by atoms with Crippen molar-refractivity contribution in [1.29, 1.82) is 0 Å². The fourth-order valence-corrected chi connectivity index (χ4v) is 3.03. The lowest BCUT2D eigenvalue weighted by Gasteiger charge is -2.11. The minimum atomic E-state index is -0.341. The first kappa shape index (κ1) is 18.0. The van der Waals surface area contributed by atoms with E-state index in [0.29, 0.717) is 34.8 Å². The Labute approximate surface area is 153 Å². The van der Waals surface area contributed by atoms with Crippen molar-refractivity contribution in [3.8, 4) is 5.75 Å². The van der Waals surface area contributed by atoms with Crippen LogP contribution >= 0.6 is 11.3 Å². The van der Waals surface area contributed by atoms with E-state index >= 15 is 0 Å². The molecule has 136 valence electrons. The molecule has 0 aliphatic heterocycles. The standard InChI is InChI=1S/C17H18N4O4S/c1-11-19-20-17(26-11)18-15(22)10-25-14-5-3-4-13-12(14)6-7-21(16(13)23)8-9-24-2/h3-7H,8-10H2,1-2H3,(H,18,20,22). The molecule has 0 radical (unpaired) electrons. The number of amides is 1. The lowest BCUT2D eigenvalue weighted by Crippen LogP contribution is -2.22. The van der Waals surface area contributed by atoms with Crippen LogP contribution < -0.4 is 15.6 Å². The molecule has 9 heteroatoms. The van der Waals surface area contributed by atoms with Gasteiger partial charge in [-0.15, -0.1) is 10.2 Å². The van der Waals surface area contributed by atoms with Gasteiger partial charge in [0.25, 0.3) is 11.5 Å². The van der Waals surface area contributed by atoms with Crippen LogP contribution in [-0.4, -0.2) is 41.0 Å². The van der Waals surface area contributed by atoms with E-state index in [0.717, 1.165) is 5.01 Å². The molecule has 0 fully saturated rings. The summed E-state index contributed by atoms with van der Waals surface area (Å²) in [7, 11) is 1.59. The zero-order chi connectivity index (χ0) is 18.5. The highest BCUT2D eigenvalue weighted by atomic mass is 32.1. The SMILES string of the molecule is COCCn1ccc2c(OCC(=O)Nc3nnc(C)s3)cccc2c1=O. The van der Waals surface area contributed by atoms with Crippen LogP contribution in [0.25, 0.3) is 10.8 Å². The zero-order valence-corrected chi connectivity index (χ0v) is 15.2. The monoisotopic (exact) mass is 374 g/mol. The number of ether oxygens (including phenoxy) is 2. The Bertz CT molecular complexity index is 982. The average Bonchev–Trinajstić information content (AvgIpc) is 3.04. The molecule has 0 atom stereocenters. The Hall–Kier alpha value is -2.78. The van der Waals surface area contributed by atoms with Gasteiger partial charge in [-0.05, 0) is 25.1 Å². The number of carbonyl (C=O) groups is 1. The number of anilines is 1. The number of methoxy groups -OCH3 is 1. The molecule has 0 spiro atoms. The predicted molar refractivity (Wildman–Crippen MR) is 98.9 cm³/mol. The number of benzene rings is 1. The van der Waals surface area contributed by atoms with Crippen LogP contribution in [0.5, 0.6) is 5.75 Å². The van der Waals surface area contributed by atoms with Crippen LogP contribution in [0.2, 0.25) is 0 Å². The maximum atomic E-state index is 12.5. The molecule has 0 aliphatic carbocycles.